The molecular formula is C18H17F2N5O2. The minimum atomic E-state index is -2.62. The molecule has 140 valence electrons. The van der Waals surface area contributed by atoms with Gasteiger partial charge in [-0.05, 0) is 11.6 Å². The van der Waals surface area contributed by atoms with Gasteiger partial charge in [0.25, 0.3) is 12.3 Å². The zero-order chi connectivity index (χ0) is 19.1. The Kier molecular flexibility index (Phi) is 6.03. The van der Waals surface area contributed by atoms with Crippen molar-refractivity contribution in [1.29, 1.82) is 0 Å². The van der Waals surface area contributed by atoms with Gasteiger partial charge in [0.1, 0.15) is 11.4 Å². The minimum Gasteiger partial charge on any atom is -0.472 e. The number of halogens is 2. The van der Waals surface area contributed by atoms with Crippen molar-refractivity contribution in [2.75, 3.05) is 6.61 Å². The molecular weight excluding hydrogens is 356 g/mol. The average Bonchev–Trinajstić information content (AvgIpc) is 3.19. The standard InChI is InChI=1S/C18H17F2N5O2/c19-16(20)12-27-17-8-4-7-15(22-17)18(26)25(11-14-9-21-24-23-14)10-13-5-2-1-3-6-13/h1-9,16H,10-12H2,(H,21,23,24). The molecule has 0 radical (unpaired) electrons. The van der Waals surface area contributed by atoms with Crippen LogP contribution in [0.25, 0.3) is 0 Å². The molecule has 0 aliphatic carbocycles. The number of hydrogen-bond donors (Lipinski definition) is 1. The largest absolute Gasteiger partial charge is 0.472 e. The Bertz CT molecular complexity index is 859. The second kappa shape index (κ2) is 8.84. The van der Waals surface area contributed by atoms with E-state index < -0.39 is 13.0 Å². The first kappa shape index (κ1) is 18.4. The summed E-state index contributed by atoms with van der Waals surface area (Å²) in [7, 11) is 0. The van der Waals surface area contributed by atoms with Crippen molar-refractivity contribution >= 4 is 5.91 Å². The van der Waals surface area contributed by atoms with Crippen LogP contribution in [0.5, 0.6) is 5.88 Å². The maximum absolute atomic E-state index is 13.0. The van der Waals surface area contributed by atoms with E-state index in [1.54, 1.807) is 4.90 Å². The first-order valence-electron chi connectivity index (χ1n) is 8.17. The number of H-pyrrole nitrogens is 1. The van der Waals surface area contributed by atoms with E-state index in [-0.39, 0.29) is 24.0 Å². The van der Waals surface area contributed by atoms with Crippen molar-refractivity contribution in [2.24, 2.45) is 0 Å². The van der Waals surface area contributed by atoms with E-state index in [2.05, 4.69) is 20.4 Å². The molecule has 0 unspecified atom stereocenters. The molecule has 0 atom stereocenters. The number of hydrogen-bond acceptors (Lipinski definition) is 5. The fraction of sp³-hybridized carbons (Fsp3) is 0.222. The van der Waals surface area contributed by atoms with Crippen LogP contribution in [-0.4, -0.2) is 44.2 Å². The van der Waals surface area contributed by atoms with E-state index in [9.17, 15) is 13.6 Å². The maximum Gasteiger partial charge on any atom is 0.273 e. The summed E-state index contributed by atoms with van der Waals surface area (Å²) in [5.74, 6) is -0.397. The Hall–Kier alpha value is -3.36. The van der Waals surface area contributed by atoms with Gasteiger partial charge in [0, 0.05) is 12.6 Å². The Morgan fingerprint density at radius 1 is 1.11 bits per heavy atom. The Morgan fingerprint density at radius 3 is 2.63 bits per heavy atom. The van der Waals surface area contributed by atoms with E-state index in [4.69, 9.17) is 4.74 Å². The first-order chi connectivity index (χ1) is 13.1. The summed E-state index contributed by atoms with van der Waals surface area (Å²) in [5.41, 5.74) is 1.62. The van der Waals surface area contributed by atoms with E-state index in [1.807, 2.05) is 30.3 Å². The number of amides is 1. The highest BCUT2D eigenvalue weighted by Crippen LogP contribution is 2.15. The highest BCUT2D eigenvalue weighted by molar-refractivity contribution is 5.92. The number of alkyl halides is 2. The van der Waals surface area contributed by atoms with Gasteiger partial charge in [-0.15, -0.1) is 0 Å². The topological polar surface area (TPSA) is 84.0 Å². The number of benzene rings is 1. The van der Waals surface area contributed by atoms with Crippen LogP contribution in [0.4, 0.5) is 8.78 Å². The Labute approximate surface area is 154 Å². The predicted octanol–water partition coefficient (Wildman–Crippen LogP) is 2.69. The molecule has 7 nitrogen and oxygen atoms in total. The normalized spacial score (nSPS) is 10.8. The van der Waals surface area contributed by atoms with Crippen molar-refractivity contribution in [1.82, 2.24) is 25.3 Å². The number of rotatable bonds is 8. The lowest BCUT2D eigenvalue weighted by Crippen LogP contribution is -2.31. The van der Waals surface area contributed by atoms with Gasteiger partial charge in [0.15, 0.2) is 6.61 Å². The molecule has 0 spiro atoms. The number of aromatic amines is 1. The van der Waals surface area contributed by atoms with Gasteiger partial charge >= 0.3 is 0 Å². The van der Waals surface area contributed by atoms with E-state index >= 15 is 0 Å². The molecule has 9 heteroatoms. The fourth-order valence-electron chi connectivity index (χ4n) is 2.43. The monoisotopic (exact) mass is 373 g/mol. The number of nitrogens with one attached hydrogen (secondary N) is 1. The molecule has 0 fully saturated rings. The number of carbonyl (C=O) groups excluding carboxylic acids is 1. The minimum absolute atomic E-state index is 0.0257. The summed E-state index contributed by atoms with van der Waals surface area (Å²) in [6.45, 7) is -0.234. The summed E-state index contributed by atoms with van der Waals surface area (Å²) in [4.78, 5) is 18.6. The quantitative estimate of drug-likeness (QED) is 0.656. The van der Waals surface area contributed by atoms with Gasteiger partial charge in [-0.3, -0.25) is 4.79 Å². The molecule has 2 heterocycles. The average molecular weight is 373 g/mol. The molecule has 0 aliphatic heterocycles. The van der Waals surface area contributed by atoms with Gasteiger partial charge in [-0.1, -0.05) is 36.4 Å². The number of aromatic nitrogens is 4. The van der Waals surface area contributed by atoms with Crippen LogP contribution in [0.1, 0.15) is 21.7 Å². The van der Waals surface area contributed by atoms with Crippen molar-refractivity contribution < 1.29 is 18.3 Å². The van der Waals surface area contributed by atoms with Crippen LogP contribution in [-0.2, 0) is 13.1 Å². The molecule has 1 N–H and O–H groups in total. The highest BCUT2D eigenvalue weighted by atomic mass is 19.3. The zero-order valence-corrected chi connectivity index (χ0v) is 14.3. The van der Waals surface area contributed by atoms with Gasteiger partial charge < -0.3 is 9.64 Å². The van der Waals surface area contributed by atoms with Gasteiger partial charge in [-0.25, -0.2) is 13.8 Å². The van der Waals surface area contributed by atoms with E-state index in [1.165, 1.54) is 24.4 Å². The highest BCUT2D eigenvalue weighted by Gasteiger charge is 2.20. The summed E-state index contributed by atoms with van der Waals surface area (Å²) < 4.78 is 29.5. The summed E-state index contributed by atoms with van der Waals surface area (Å²) >= 11 is 0. The molecule has 0 saturated heterocycles. The molecule has 0 saturated carbocycles. The molecule has 1 amide bonds. The number of nitrogens with zero attached hydrogens (tertiary/aromatic N) is 4. The lowest BCUT2D eigenvalue weighted by molar-refractivity contribution is 0.0713. The van der Waals surface area contributed by atoms with Crippen LogP contribution >= 0.6 is 0 Å². The van der Waals surface area contributed by atoms with Crippen molar-refractivity contribution in [3.05, 3.63) is 71.7 Å². The molecule has 1 aromatic carbocycles. The van der Waals surface area contributed by atoms with Crippen molar-refractivity contribution in [3.63, 3.8) is 0 Å². The second-order valence-electron chi connectivity index (χ2n) is 5.67. The molecule has 0 aliphatic rings. The van der Waals surface area contributed by atoms with Crippen molar-refractivity contribution in [3.8, 4) is 5.88 Å². The molecule has 3 rings (SSSR count). The lowest BCUT2D eigenvalue weighted by Gasteiger charge is -2.21. The van der Waals surface area contributed by atoms with Crippen LogP contribution in [0.2, 0.25) is 0 Å². The van der Waals surface area contributed by atoms with Gasteiger partial charge in [-0.2, -0.15) is 15.4 Å². The van der Waals surface area contributed by atoms with Crippen LogP contribution in [0.3, 0.4) is 0 Å². The number of ether oxygens (including phenoxy) is 1. The predicted molar refractivity (Wildman–Crippen MR) is 92.1 cm³/mol. The summed E-state index contributed by atoms with van der Waals surface area (Å²) in [6.07, 6.45) is -1.09. The van der Waals surface area contributed by atoms with Gasteiger partial charge in [0.2, 0.25) is 5.88 Å². The number of pyridine rings is 1. The van der Waals surface area contributed by atoms with Crippen molar-refractivity contribution in [2.45, 2.75) is 19.5 Å². The van der Waals surface area contributed by atoms with Crippen LogP contribution in [0, 0.1) is 0 Å². The van der Waals surface area contributed by atoms with E-state index in [0.29, 0.717) is 12.2 Å². The third-order valence-electron chi connectivity index (χ3n) is 3.62. The molecule has 2 aromatic heterocycles. The third kappa shape index (κ3) is 5.30. The molecule has 0 bridgehead atoms. The molecule has 3 aromatic rings. The zero-order valence-electron chi connectivity index (χ0n) is 14.3. The van der Waals surface area contributed by atoms with E-state index in [0.717, 1.165) is 5.56 Å². The summed E-state index contributed by atoms with van der Waals surface area (Å²) in [5, 5.41) is 10.2. The van der Waals surface area contributed by atoms with Gasteiger partial charge in [0.05, 0.1) is 12.7 Å². The second-order valence-corrected chi connectivity index (χ2v) is 5.67. The summed E-state index contributed by atoms with van der Waals surface area (Å²) in [6, 6.07) is 13.9. The maximum atomic E-state index is 13.0. The lowest BCUT2D eigenvalue weighted by atomic mass is 10.2. The third-order valence-corrected chi connectivity index (χ3v) is 3.62. The van der Waals surface area contributed by atoms with Crippen LogP contribution < -0.4 is 4.74 Å². The first-order valence-corrected chi connectivity index (χ1v) is 8.17. The fourth-order valence-corrected chi connectivity index (χ4v) is 2.43. The Balaban J connectivity index is 1.80. The van der Waals surface area contributed by atoms with Crippen LogP contribution in [0.15, 0.2) is 54.7 Å². The molecule has 27 heavy (non-hydrogen) atoms. The smallest absolute Gasteiger partial charge is 0.273 e. The Morgan fingerprint density at radius 2 is 1.93 bits per heavy atom. The number of carbonyl (C=O) groups is 1. The SMILES string of the molecule is O=C(c1cccc(OCC(F)F)n1)N(Cc1ccccc1)Cc1cn[nH]n1.